The molecular formula is C25H34ClN3O2S. The highest BCUT2D eigenvalue weighted by molar-refractivity contribution is 7.80. The average Bonchev–Trinajstić information content (AvgIpc) is 2.80. The Hall–Kier alpha value is -1.86. The Balaban J connectivity index is 1.68. The smallest absolute Gasteiger partial charge is 0.173 e. The van der Waals surface area contributed by atoms with E-state index in [0.717, 1.165) is 63.8 Å². The molecule has 7 heteroatoms. The quantitative estimate of drug-likeness (QED) is 0.490. The lowest BCUT2D eigenvalue weighted by Gasteiger charge is -2.30. The third kappa shape index (κ3) is 7.34. The van der Waals surface area contributed by atoms with Crippen LogP contribution >= 0.6 is 23.8 Å². The average molecular weight is 476 g/mol. The molecule has 0 bridgehead atoms. The molecule has 1 saturated heterocycles. The number of nitrogens with one attached hydrogen (secondary N) is 1. The summed E-state index contributed by atoms with van der Waals surface area (Å²) in [7, 11) is 1.64. The van der Waals surface area contributed by atoms with E-state index in [0.29, 0.717) is 16.1 Å². The zero-order chi connectivity index (χ0) is 22.9. The standard InChI is InChI=1S/C25H34ClN3O2S/c1-19(2)21-7-5-20(6-8-21)18-29(12-4-11-28-13-15-31-16-14-28)25(32)27-24-17-22(30-3)9-10-23(24)26/h5-10,17,19H,4,11-16,18H2,1-3H3,(H,27,32). The molecule has 1 aliphatic rings. The zero-order valence-corrected chi connectivity index (χ0v) is 20.8. The van der Waals surface area contributed by atoms with Crippen LogP contribution in [0.1, 0.15) is 37.3 Å². The molecule has 0 unspecified atom stereocenters. The maximum absolute atomic E-state index is 6.40. The van der Waals surface area contributed by atoms with E-state index >= 15 is 0 Å². The minimum atomic E-state index is 0.520. The normalized spacial score (nSPS) is 14.4. The van der Waals surface area contributed by atoms with Crippen LogP contribution in [0.25, 0.3) is 0 Å². The second kappa shape index (κ2) is 12.4. The summed E-state index contributed by atoms with van der Waals surface area (Å²) in [6.45, 7) is 10.7. The molecule has 1 N–H and O–H groups in total. The van der Waals surface area contributed by atoms with Crippen LogP contribution in [0.2, 0.25) is 5.02 Å². The van der Waals surface area contributed by atoms with Crippen molar-refractivity contribution in [3.8, 4) is 5.75 Å². The maximum Gasteiger partial charge on any atom is 0.173 e. The molecule has 1 fully saturated rings. The van der Waals surface area contributed by atoms with Crippen LogP contribution in [0, 0.1) is 0 Å². The number of ether oxygens (including phenoxy) is 2. The third-order valence-corrected chi connectivity index (χ3v) is 6.42. The van der Waals surface area contributed by atoms with Gasteiger partial charge in [0.15, 0.2) is 5.11 Å². The van der Waals surface area contributed by atoms with Gasteiger partial charge in [-0.25, -0.2) is 0 Å². The number of thiocarbonyl (C=S) groups is 1. The Bertz CT molecular complexity index is 870. The van der Waals surface area contributed by atoms with Crippen LogP contribution in [0.4, 0.5) is 5.69 Å². The van der Waals surface area contributed by atoms with Gasteiger partial charge in [-0.15, -0.1) is 0 Å². The van der Waals surface area contributed by atoms with Crippen molar-refractivity contribution < 1.29 is 9.47 Å². The van der Waals surface area contributed by atoms with Crippen molar-refractivity contribution in [3.63, 3.8) is 0 Å². The Labute approximate surface area is 202 Å². The highest BCUT2D eigenvalue weighted by Crippen LogP contribution is 2.27. The molecule has 32 heavy (non-hydrogen) atoms. The van der Waals surface area contributed by atoms with Gasteiger partial charge >= 0.3 is 0 Å². The van der Waals surface area contributed by atoms with Crippen LogP contribution in [0.5, 0.6) is 5.75 Å². The number of morpholine rings is 1. The van der Waals surface area contributed by atoms with Crippen LogP contribution in [-0.2, 0) is 11.3 Å². The van der Waals surface area contributed by atoms with E-state index in [-0.39, 0.29) is 0 Å². The van der Waals surface area contributed by atoms with Crippen LogP contribution < -0.4 is 10.1 Å². The molecule has 0 atom stereocenters. The van der Waals surface area contributed by atoms with Crippen molar-refractivity contribution in [3.05, 3.63) is 58.6 Å². The molecule has 5 nitrogen and oxygen atoms in total. The van der Waals surface area contributed by atoms with Crippen molar-refractivity contribution in [2.45, 2.75) is 32.7 Å². The van der Waals surface area contributed by atoms with Crippen molar-refractivity contribution >= 4 is 34.6 Å². The minimum Gasteiger partial charge on any atom is -0.497 e. The molecule has 2 aromatic carbocycles. The molecule has 174 valence electrons. The molecule has 0 aromatic heterocycles. The van der Waals surface area contributed by atoms with Gasteiger partial charge in [-0.05, 0) is 47.8 Å². The first-order valence-corrected chi connectivity index (χ1v) is 12.0. The van der Waals surface area contributed by atoms with Gasteiger partial charge in [-0.2, -0.15) is 0 Å². The summed E-state index contributed by atoms with van der Waals surface area (Å²) in [5, 5.41) is 4.61. The number of rotatable bonds is 9. The lowest BCUT2D eigenvalue weighted by Crippen LogP contribution is -2.40. The van der Waals surface area contributed by atoms with Gasteiger partial charge in [0.2, 0.25) is 0 Å². The topological polar surface area (TPSA) is 37.0 Å². The maximum atomic E-state index is 6.40. The fraction of sp³-hybridized carbons (Fsp3) is 0.480. The van der Waals surface area contributed by atoms with E-state index in [1.807, 2.05) is 18.2 Å². The van der Waals surface area contributed by atoms with Crippen molar-refractivity contribution in [2.24, 2.45) is 0 Å². The third-order valence-electron chi connectivity index (χ3n) is 5.73. The largest absolute Gasteiger partial charge is 0.497 e. The molecule has 0 spiro atoms. The van der Waals surface area contributed by atoms with E-state index in [9.17, 15) is 0 Å². The predicted molar refractivity (Wildman–Crippen MR) is 137 cm³/mol. The molecule has 0 saturated carbocycles. The first kappa shape index (κ1) is 24.8. The SMILES string of the molecule is COc1ccc(Cl)c(NC(=S)N(CCCN2CCOCC2)Cc2ccc(C(C)C)cc2)c1. The summed E-state index contributed by atoms with van der Waals surface area (Å²) in [6, 6.07) is 14.4. The second-order valence-electron chi connectivity index (χ2n) is 8.40. The van der Waals surface area contributed by atoms with Gasteiger partial charge in [-0.1, -0.05) is 49.7 Å². The molecule has 0 aliphatic carbocycles. The van der Waals surface area contributed by atoms with E-state index in [1.54, 1.807) is 7.11 Å². The lowest BCUT2D eigenvalue weighted by atomic mass is 10.0. The van der Waals surface area contributed by atoms with Crippen LogP contribution in [0.15, 0.2) is 42.5 Å². The van der Waals surface area contributed by atoms with Gasteiger partial charge in [0.25, 0.3) is 0 Å². The molecule has 1 heterocycles. The number of hydrogen-bond donors (Lipinski definition) is 1. The van der Waals surface area contributed by atoms with Gasteiger partial charge in [-0.3, -0.25) is 4.90 Å². The van der Waals surface area contributed by atoms with Crippen LogP contribution in [-0.4, -0.2) is 61.4 Å². The summed E-state index contributed by atoms with van der Waals surface area (Å²) in [5.74, 6) is 1.26. The van der Waals surface area contributed by atoms with Crippen molar-refractivity contribution in [2.75, 3.05) is 51.8 Å². The molecule has 0 amide bonds. The predicted octanol–water partition coefficient (Wildman–Crippen LogP) is 5.39. The summed E-state index contributed by atoms with van der Waals surface area (Å²) in [5.41, 5.74) is 3.34. The number of nitrogens with zero attached hydrogens (tertiary/aromatic N) is 2. The van der Waals surface area contributed by atoms with Crippen molar-refractivity contribution in [1.29, 1.82) is 0 Å². The number of hydrogen-bond acceptors (Lipinski definition) is 4. The molecular weight excluding hydrogens is 442 g/mol. The number of halogens is 1. The van der Waals surface area contributed by atoms with E-state index in [4.69, 9.17) is 33.3 Å². The van der Waals surface area contributed by atoms with Crippen molar-refractivity contribution in [1.82, 2.24) is 9.80 Å². The van der Waals surface area contributed by atoms with Gasteiger partial charge in [0.1, 0.15) is 5.75 Å². The lowest BCUT2D eigenvalue weighted by molar-refractivity contribution is 0.0368. The fourth-order valence-corrected chi connectivity index (χ4v) is 4.14. The second-order valence-corrected chi connectivity index (χ2v) is 9.20. The number of anilines is 1. The van der Waals surface area contributed by atoms with E-state index in [1.165, 1.54) is 11.1 Å². The zero-order valence-electron chi connectivity index (χ0n) is 19.3. The summed E-state index contributed by atoms with van der Waals surface area (Å²) in [4.78, 5) is 4.67. The first-order chi connectivity index (χ1) is 15.5. The Morgan fingerprint density at radius 2 is 1.91 bits per heavy atom. The summed E-state index contributed by atoms with van der Waals surface area (Å²) >= 11 is 12.2. The Morgan fingerprint density at radius 3 is 2.56 bits per heavy atom. The monoisotopic (exact) mass is 475 g/mol. The van der Waals surface area contributed by atoms with Gasteiger partial charge in [0, 0.05) is 38.8 Å². The van der Waals surface area contributed by atoms with Crippen LogP contribution in [0.3, 0.4) is 0 Å². The highest BCUT2D eigenvalue weighted by Gasteiger charge is 2.15. The molecule has 1 aliphatic heterocycles. The van der Waals surface area contributed by atoms with Gasteiger partial charge in [0.05, 0.1) is 31.0 Å². The first-order valence-electron chi connectivity index (χ1n) is 11.2. The molecule has 2 aromatic rings. The Kier molecular flexibility index (Phi) is 9.60. The summed E-state index contributed by atoms with van der Waals surface area (Å²) < 4.78 is 10.8. The molecule has 0 radical (unpaired) electrons. The fourth-order valence-electron chi connectivity index (χ4n) is 3.71. The number of methoxy groups -OCH3 is 1. The number of benzene rings is 2. The summed E-state index contributed by atoms with van der Waals surface area (Å²) in [6.07, 6.45) is 1.03. The highest BCUT2D eigenvalue weighted by atomic mass is 35.5. The van der Waals surface area contributed by atoms with E-state index < -0.39 is 0 Å². The van der Waals surface area contributed by atoms with E-state index in [2.05, 4.69) is 53.2 Å². The minimum absolute atomic E-state index is 0.520. The molecule has 3 rings (SSSR count). The van der Waals surface area contributed by atoms with Gasteiger partial charge < -0.3 is 19.7 Å². The Morgan fingerprint density at radius 1 is 1.19 bits per heavy atom.